The molecular formula is C72H143NO5. The summed E-state index contributed by atoms with van der Waals surface area (Å²) in [5.41, 5.74) is 0. The summed E-state index contributed by atoms with van der Waals surface area (Å²) in [5.74, 6) is -0.00613. The van der Waals surface area contributed by atoms with Crippen LogP contribution in [0, 0.1) is 0 Å². The topological polar surface area (TPSA) is 95.9 Å². The molecule has 466 valence electrons. The summed E-state index contributed by atoms with van der Waals surface area (Å²) >= 11 is 0. The van der Waals surface area contributed by atoms with E-state index in [4.69, 9.17) is 4.74 Å². The number of hydrogen-bond donors (Lipinski definition) is 3. The van der Waals surface area contributed by atoms with Crippen LogP contribution < -0.4 is 5.32 Å². The monoisotopic (exact) mass is 1100 g/mol. The van der Waals surface area contributed by atoms with Crippen molar-refractivity contribution in [2.24, 2.45) is 0 Å². The van der Waals surface area contributed by atoms with Crippen molar-refractivity contribution in [3.63, 3.8) is 0 Å². The van der Waals surface area contributed by atoms with Crippen molar-refractivity contribution in [2.75, 3.05) is 13.2 Å². The zero-order valence-electron chi connectivity index (χ0n) is 53.4. The van der Waals surface area contributed by atoms with Crippen molar-refractivity contribution in [2.45, 2.75) is 437 Å². The minimum atomic E-state index is -0.663. The van der Waals surface area contributed by atoms with E-state index in [1.165, 1.54) is 353 Å². The van der Waals surface area contributed by atoms with Crippen molar-refractivity contribution in [3.8, 4) is 0 Å². The van der Waals surface area contributed by atoms with Crippen LogP contribution in [0.3, 0.4) is 0 Å². The van der Waals surface area contributed by atoms with Gasteiger partial charge in [0.15, 0.2) is 0 Å². The molecule has 0 saturated heterocycles. The van der Waals surface area contributed by atoms with Crippen LogP contribution in [0.2, 0.25) is 0 Å². The van der Waals surface area contributed by atoms with Gasteiger partial charge in [0.1, 0.15) is 0 Å². The third-order valence-electron chi connectivity index (χ3n) is 17.4. The van der Waals surface area contributed by atoms with E-state index in [2.05, 4.69) is 19.2 Å². The fourth-order valence-corrected chi connectivity index (χ4v) is 11.9. The predicted molar refractivity (Wildman–Crippen MR) is 343 cm³/mol. The fourth-order valence-electron chi connectivity index (χ4n) is 11.9. The zero-order valence-corrected chi connectivity index (χ0v) is 53.4. The zero-order chi connectivity index (χ0) is 56.4. The number of unbranched alkanes of at least 4 members (excludes halogenated alkanes) is 58. The van der Waals surface area contributed by atoms with Gasteiger partial charge in [-0.2, -0.15) is 0 Å². The van der Waals surface area contributed by atoms with E-state index in [0.717, 1.165) is 38.5 Å². The first-order chi connectivity index (χ1) is 38.5. The van der Waals surface area contributed by atoms with E-state index in [0.29, 0.717) is 25.9 Å². The molecule has 0 aliphatic carbocycles. The highest BCUT2D eigenvalue weighted by atomic mass is 16.5. The van der Waals surface area contributed by atoms with E-state index in [-0.39, 0.29) is 18.5 Å². The van der Waals surface area contributed by atoms with Gasteiger partial charge >= 0.3 is 5.97 Å². The number of nitrogens with one attached hydrogen (secondary N) is 1. The molecule has 0 aromatic rings. The molecule has 0 radical (unpaired) electrons. The maximum atomic E-state index is 12.5. The lowest BCUT2D eigenvalue weighted by molar-refractivity contribution is -0.143. The Morgan fingerprint density at radius 1 is 0.308 bits per heavy atom. The van der Waals surface area contributed by atoms with Crippen molar-refractivity contribution in [1.29, 1.82) is 0 Å². The Hall–Kier alpha value is -1.14. The number of aliphatic hydroxyl groups excluding tert-OH is 2. The lowest BCUT2D eigenvalue weighted by Crippen LogP contribution is -2.45. The Balaban J connectivity index is 3.34. The molecule has 0 aromatic carbocycles. The molecule has 0 spiro atoms. The molecule has 0 fully saturated rings. The molecule has 0 aliphatic rings. The molecule has 78 heavy (non-hydrogen) atoms. The van der Waals surface area contributed by atoms with Gasteiger partial charge in [0.25, 0.3) is 0 Å². The summed E-state index contributed by atoms with van der Waals surface area (Å²) in [4.78, 5) is 24.6. The summed E-state index contributed by atoms with van der Waals surface area (Å²) in [7, 11) is 0. The van der Waals surface area contributed by atoms with Gasteiger partial charge in [0, 0.05) is 12.8 Å². The Kier molecular flexibility index (Phi) is 67.4. The van der Waals surface area contributed by atoms with Gasteiger partial charge in [-0.25, -0.2) is 0 Å². The molecule has 0 bridgehead atoms. The third kappa shape index (κ3) is 64.0. The van der Waals surface area contributed by atoms with Crippen LogP contribution in [0.4, 0.5) is 0 Å². The molecule has 6 heteroatoms. The number of esters is 1. The van der Waals surface area contributed by atoms with Crippen LogP contribution in [0.1, 0.15) is 425 Å². The lowest BCUT2D eigenvalue weighted by atomic mass is 10.0. The highest BCUT2D eigenvalue weighted by Crippen LogP contribution is 2.20. The third-order valence-corrected chi connectivity index (χ3v) is 17.4. The van der Waals surface area contributed by atoms with Crippen LogP contribution in [0.5, 0.6) is 0 Å². The normalized spacial score (nSPS) is 12.4. The lowest BCUT2D eigenvalue weighted by Gasteiger charge is -2.22. The smallest absolute Gasteiger partial charge is 0.305 e. The molecule has 1 amide bonds. The molecule has 0 aliphatic heterocycles. The van der Waals surface area contributed by atoms with E-state index < -0.39 is 12.1 Å². The molecular weight excluding hydrogens is 959 g/mol. The summed E-state index contributed by atoms with van der Waals surface area (Å²) < 4.78 is 5.51. The first-order valence-electron chi connectivity index (χ1n) is 36.3. The molecule has 6 nitrogen and oxygen atoms in total. The molecule has 2 atom stereocenters. The molecule has 0 saturated carbocycles. The number of hydrogen-bond acceptors (Lipinski definition) is 5. The van der Waals surface area contributed by atoms with E-state index in [1.807, 2.05) is 0 Å². The maximum absolute atomic E-state index is 12.5. The number of aliphatic hydroxyl groups is 2. The molecule has 0 heterocycles. The Morgan fingerprint density at radius 3 is 0.782 bits per heavy atom. The maximum Gasteiger partial charge on any atom is 0.305 e. The molecule has 3 N–H and O–H groups in total. The second-order valence-corrected chi connectivity index (χ2v) is 25.3. The van der Waals surface area contributed by atoms with Gasteiger partial charge < -0.3 is 20.3 Å². The van der Waals surface area contributed by atoms with Crippen molar-refractivity contribution in [1.82, 2.24) is 5.32 Å². The first kappa shape index (κ1) is 76.9. The van der Waals surface area contributed by atoms with Crippen LogP contribution >= 0.6 is 0 Å². The number of ether oxygens (including phenoxy) is 1. The standard InChI is InChI=1S/C72H143NO5/c1-3-5-7-9-11-13-15-17-19-21-29-33-36-40-44-48-52-56-60-64-70(75)69(68-74)73-71(76)65-61-57-53-49-45-41-37-34-30-27-25-23-22-24-26-28-31-35-39-43-47-51-55-59-63-67-78-72(77)66-62-58-54-50-46-42-38-32-20-18-16-14-12-10-8-6-4-2/h69-70,74-75H,3-68H2,1-2H3,(H,73,76). The highest BCUT2D eigenvalue weighted by Gasteiger charge is 2.20. The molecule has 0 aromatic heterocycles. The Bertz CT molecular complexity index is 1130. The average Bonchev–Trinajstić information content (AvgIpc) is 3.44. The Morgan fingerprint density at radius 2 is 0.526 bits per heavy atom. The summed E-state index contributed by atoms with van der Waals surface area (Å²) in [6, 6.07) is -0.540. The first-order valence-corrected chi connectivity index (χ1v) is 36.3. The van der Waals surface area contributed by atoms with Gasteiger partial charge in [-0.3, -0.25) is 9.59 Å². The molecule has 2 unspecified atom stereocenters. The number of rotatable bonds is 69. The van der Waals surface area contributed by atoms with Crippen molar-refractivity contribution in [3.05, 3.63) is 0 Å². The minimum Gasteiger partial charge on any atom is -0.466 e. The van der Waals surface area contributed by atoms with Gasteiger partial charge in [0.2, 0.25) is 5.91 Å². The summed E-state index contributed by atoms with van der Waals surface area (Å²) in [6.45, 7) is 5.01. The van der Waals surface area contributed by atoms with Crippen LogP contribution in [0.15, 0.2) is 0 Å². The summed E-state index contributed by atoms with van der Waals surface area (Å²) in [5, 5.41) is 23.4. The van der Waals surface area contributed by atoms with E-state index in [1.54, 1.807) is 0 Å². The average molecular weight is 1100 g/mol. The van der Waals surface area contributed by atoms with Crippen molar-refractivity contribution < 1.29 is 24.5 Å². The van der Waals surface area contributed by atoms with Gasteiger partial charge in [-0.1, -0.05) is 386 Å². The number of amides is 1. The predicted octanol–water partition coefficient (Wildman–Crippen LogP) is 23.4. The Labute approximate surface area is 489 Å². The highest BCUT2D eigenvalue weighted by molar-refractivity contribution is 5.76. The fraction of sp³-hybridized carbons (Fsp3) is 0.972. The quantitative estimate of drug-likeness (QED) is 0.0417. The van der Waals surface area contributed by atoms with E-state index in [9.17, 15) is 19.8 Å². The van der Waals surface area contributed by atoms with Gasteiger partial charge in [0.05, 0.1) is 25.4 Å². The number of carbonyl (C=O) groups excluding carboxylic acids is 2. The number of carbonyl (C=O) groups is 2. The van der Waals surface area contributed by atoms with E-state index >= 15 is 0 Å². The molecule has 0 rings (SSSR count). The second kappa shape index (κ2) is 68.4. The van der Waals surface area contributed by atoms with Crippen molar-refractivity contribution >= 4 is 11.9 Å². The minimum absolute atomic E-state index is 0.0219. The second-order valence-electron chi connectivity index (χ2n) is 25.3. The van der Waals surface area contributed by atoms with Crippen LogP contribution in [-0.2, 0) is 14.3 Å². The van der Waals surface area contributed by atoms with Crippen LogP contribution in [-0.4, -0.2) is 47.4 Å². The van der Waals surface area contributed by atoms with Crippen LogP contribution in [0.25, 0.3) is 0 Å². The summed E-state index contributed by atoms with van der Waals surface area (Å²) in [6.07, 6.45) is 83.0. The van der Waals surface area contributed by atoms with Gasteiger partial charge in [-0.15, -0.1) is 0 Å². The van der Waals surface area contributed by atoms with Gasteiger partial charge in [-0.05, 0) is 25.7 Å². The SMILES string of the molecule is CCCCCCCCCCCCCCCCCCCCCC(O)C(CO)NC(=O)CCCCCCCCCCCCCCCCCCCCCCCCCCCOC(=O)CCCCCCCCCCCCCCCCCCC. The largest absolute Gasteiger partial charge is 0.466 e.